The minimum absolute atomic E-state index is 0.713. The minimum atomic E-state index is 0.713. The van der Waals surface area contributed by atoms with E-state index in [4.69, 9.17) is 34.3 Å². The Balaban J connectivity index is 0.000000105. The van der Waals surface area contributed by atoms with E-state index in [2.05, 4.69) is 382 Å². The maximum atomic E-state index is 6.36. The molecule has 6 aromatic heterocycles. The van der Waals surface area contributed by atoms with Gasteiger partial charge in [-0.1, -0.05) is 322 Å². The molecule has 0 bridgehead atoms. The first-order chi connectivity index (χ1) is 61.9. The zero-order valence-electron chi connectivity index (χ0n) is 67.3. The van der Waals surface area contributed by atoms with E-state index in [1.807, 2.05) is 65.1 Å². The summed E-state index contributed by atoms with van der Waals surface area (Å²) < 4.78 is 11.7. The Hall–Kier alpha value is -16.0. The number of para-hydroxylation sites is 3. The summed E-state index contributed by atoms with van der Waals surface area (Å²) in [4.78, 5) is 30.7. The van der Waals surface area contributed by atoms with Gasteiger partial charge in [-0.05, 0) is 180 Å². The molecule has 0 atom stereocenters. The second-order valence-corrected chi connectivity index (χ2v) is 34.1. The topological polar surface area (TPSA) is 90.5 Å². The number of benzene rings is 20. The predicted molar refractivity (Wildman–Crippen MR) is 528 cm³/mol. The molecule has 0 amide bonds. The molecule has 6 heterocycles. The molecule has 0 fully saturated rings. The predicted octanol–water partition coefficient (Wildman–Crippen LogP) is 32.3. The monoisotopic (exact) mass is 1630 g/mol. The van der Waals surface area contributed by atoms with Gasteiger partial charge in [0, 0.05) is 111 Å². The van der Waals surface area contributed by atoms with Crippen LogP contribution in [0.1, 0.15) is 0 Å². The quantitative estimate of drug-likeness (QED) is 0.133. The van der Waals surface area contributed by atoms with Gasteiger partial charge in [0.1, 0.15) is 11.2 Å². The Bertz CT molecular complexity index is 8830. The molecule has 0 aliphatic heterocycles. The Morgan fingerprint density at radius 2 is 0.560 bits per heavy atom. The molecule has 582 valence electrons. The van der Waals surface area contributed by atoms with Crippen molar-refractivity contribution in [3.8, 4) is 101 Å². The highest BCUT2D eigenvalue weighted by Gasteiger charge is 2.21. The zero-order chi connectivity index (χ0) is 82.4. The largest absolute Gasteiger partial charge is 0.455 e. The number of thiophene rings is 2. The maximum Gasteiger partial charge on any atom is 0.160 e. The van der Waals surface area contributed by atoms with Crippen LogP contribution in [-0.2, 0) is 0 Å². The summed E-state index contributed by atoms with van der Waals surface area (Å²) in [7, 11) is 0. The lowest BCUT2D eigenvalue weighted by atomic mass is 9.97. The van der Waals surface area contributed by atoms with Crippen LogP contribution in [0.5, 0.6) is 0 Å². The van der Waals surface area contributed by atoms with Crippen LogP contribution in [0.15, 0.2) is 429 Å². The van der Waals surface area contributed by atoms with Crippen LogP contribution in [0.3, 0.4) is 0 Å². The van der Waals surface area contributed by atoms with Gasteiger partial charge in [0.25, 0.3) is 0 Å². The van der Waals surface area contributed by atoms with Crippen LogP contribution in [0.25, 0.3) is 250 Å². The van der Waals surface area contributed by atoms with Gasteiger partial charge in [-0.2, -0.15) is 0 Å². The summed E-state index contributed by atoms with van der Waals surface area (Å²) in [6, 6.07) is 150. The lowest BCUT2D eigenvalue weighted by Gasteiger charge is -2.12. The SMILES string of the molecule is c1cc(-c2ccc3cc4c(cc3c2)sc2ccccc24)cc(-c2nc(-c3cccc4ccccc34)c3ccccc3n2)c1.c1ccc(-c2nc(-c3cccc(-c4ccc5cc6c(cc5c4)sc4ccccc46)c3)nc3ccccc23)cc1.c1ccc(-c2nc(-c3cccc(-c4ccc5ccc6c7ccccc7oc6c5c4)c3)nc3c2ccc2ccccc23)cc1. The number of nitrogens with zero attached hydrogens (tertiary/aromatic N) is 6. The first kappa shape index (κ1) is 72.9. The molecule has 0 aliphatic carbocycles. The van der Waals surface area contributed by atoms with Crippen molar-refractivity contribution in [3.63, 3.8) is 0 Å². The fourth-order valence-electron chi connectivity index (χ4n) is 18.2. The van der Waals surface area contributed by atoms with E-state index in [0.29, 0.717) is 5.82 Å². The molecule has 0 aliphatic rings. The first-order valence-electron chi connectivity index (χ1n) is 42.1. The van der Waals surface area contributed by atoms with Crippen molar-refractivity contribution in [2.24, 2.45) is 0 Å². The summed E-state index contributed by atoms with van der Waals surface area (Å²) in [6.07, 6.45) is 0. The van der Waals surface area contributed by atoms with Crippen LogP contribution in [-0.4, -0.2) is 29.9 Å². The van der Waals surface area contributed by atoms with E-state index in [-0.39, 0.29) is 0 Å². The zero-order valence-corrected chi connectivity index (χ0v) is 69.0. The molecule has 26 rings (SSSR count). The van der Waals surface area contributed by atoms with Crippen LogP contribution >= 0.6 is 22.7 Å². The highest BCUT2D eigenvalue weighted by atomic mass is 32.1. The molecule has 20 aromatic carbocycles. The molecule has 125 heavy (non-hydrogen) atoms. The van der Waals surface area contributed by atoms with Crippen molar-refractivity contribution >= 4 is 172 Å². The third kappa shape index (κ3) is 13.3. The highest BCUT2D eigenvalue weighted by Crippen LogP contribution is 2.44. The molecule has 0 spiro atoms. The van der Waals surface area contributed by atoms with E-state index >= 15 is 0 Å². The van der Waals surface area contributed by atoms with Crippen molar-refractivity contribution < 1.29 is 4.42 Å². The van der Waals surface area contributed by atoms with Crippen LogP contribution < -0.4 is 0 Å². The molecule has 0 radical (unpaired) electrons. The van der Waals surface area contributed by atoms with E-state index in [9.17, 15) is 0 Å². The average molecular weight is 1630 g/mol. The van der Waals surface area contributed by atoms with E-state index in [1.165, 1.54) is 89.2 Å². The molecule has 26 aromatic rings. The van der Waals surface area contributed by atoms with Crippen molar-refractivity contribution in [2.75, 3.05) is 0 Å². The van der Waals surface area contributed by atoms with E-state index in [0.717, 1.165) is 155 Å². The molecule has 7 nitrogen and oxygen atoms in total. The fourth-order valence-corrected chi connectivity index (χ4v) is 20.4. The normalized spacial score (nSPS) is 11.7. The average Bonchev–Trinajstić information content (AvgIpc) is 0.916. The highest BCUT2D eigenvalue weighted by molar-refractivity contribution is 7.26. The number of furan rings is 1. The Morgan fingerprint density at radius 3 is 1.14 bits per heavy atom. The number of rotatable bonds is 9. The van der Waals surface area contributed by atoms with Crippen LogP contribution in [0.2, 0.25) is 0 Å². The fraction of sp³-hybridized carbons (Fsp3) is 0. The van der Waals surface area contributed by atoms with Gasteiger partial charge in [0.15, 0.2) is 17.5 Å². The Morgan fingerprint density at radius 1 is 0.176 bits per heavy atom. The van der Waals surface area contributed by atoms with Crippen molar-refractivity contribution in [1.82, 2.24) is 29.9 Å². The summed E-state index contributed by atoms with van der Waals surface area (Å²) in [5.74, 6) is 2.18. The molecule has 9 heteroatoms. The van der Waals surface area contributed by atoms with Gasteiger partial charge < -0.3 is 4.42 Å². The molecule has 0 saturated heterocycles. The second kappa shape index (κ2) is 30.6. The van der Waals surface area contributed by atoms with Gasteiger partial charge in [-0.3, -0.25) is 0 Å². The molecular weight excluding hydrogens is 1560 g/mol. The van der Waals surface area contributed by atoms with Gasteiger partial charge in [-0.15, -0.1) is 22.7 Å². The summed E-state index contributed by atoms with van der Waals surface area (Å²) in [5.41, 5.74) is 20.7. The Labute approximate surface area is 726 Å². The Kier molecular flexibility index (Phi) is 17.8. The van der Waals surface area contributed by atoms with E-state index in [1.54, 1.807) is 0 Å². The van der Waals surface area contributed by atoms with Gasteiger partial charge in [-0.25, -0.2) is 29.9 Å². The van der Waals surface area contributed by atoms with E-state index < -0.39 is 0 Å². The number of fused-ring (bicyclic) bond motifs is 19. The minimum Gasteiger partial charge on any atom is -0.455 e. The molecule has 0 unspecified atom stereocenters. The number of hydrogen-bond donors (Lipinski definition) is 0. The molecule has 0 N–H and O–H groups in total. The van der Waals surface area contributed by atoms with Gasteiger partial charge in [0.05, 0.1) is 33.6 Å². The standard InChI is InChI=1S/C40H24N2O.C40H24N2S.C36H22N2S/c1-2-10-27(11-3-1)37-34-22-20-25-9-4-5-14-31(25)38(34)42-40(41-37)30-13-8-12-28(23-30)29-18-17-26-19-21-33-32-15-6-7-16-36(32)43-39(33)35(26)24-29;1-2-13-31-25(9-1)10-8-16-33(31)39-34-15-3-5-17-36(34)41-40(42-39)29-12-7-11-26(21-29)27-19-20-28-23-35-32-14-4-6-18-37(32)43-38(35)24-30(28)22-27;1-2-9-23(10-3-1)35-30-14-4-6-15-32(30)37-36(38-35)27-12-8-11-24(19-27)25-17-18-26-21-31-29-13-5-7-16-33(29)39-34(31)22-28(26)20-25/h2*1-24H;1-22H. The smallest absolute Gasteiger partial charge is 0.160 e. The van der Waals surface area contributed by atoms with Crippen LogP contribution in [0.4, 0.5) is 0 Å². The lowest BCUT2D eigenvalue weighted by molar-refractivity contribution is 0.672. The lowest BCUT2D eigenvalue weighted by Crippen LogP contribution is -1.96. The van der Waals surface area contributed by atoms with Crippen LogP contribution in [0, 0.1) is 0 Å². The van der Waals surface area contributed by atoms with Gasteiger partial charge >= 0.3 is 0 Å². The summed E-state index contributed by atoms with van der Waals surface area (Å²) in [5, 5.41) is 22.8. The summed E-state index contributed by atoms with van der Waals surface area (Å²) >= 11 is 3.72. The van der Waals surface area contributed by atoms with Gasteiger partial charge in [0.2, 0.25) is 0 Å². The number of hydrogen-bond acceptors (Lipinski definition) is 9. The first-order valence-corrected chi connectivity index (χ1v) is 43.7. The number of aromatic nitrogens is 6. The molecule has 0 saturated carbocycles. The van der Waals surface area contributed by atoms with Crippen molar-refractivity contribution in [3.05, 3.63) is 425 Å². The van der Waals surface area contributed by atoms with Crippen molar-refractivity contribution in [1.29, 1.82) is 0 Å². The second-order valence-electron chi connectivity index (χ2n) is 31.9. The third-order valence-electron chi connectivity index (χ3n) is 24.3. The maximum absolute atomic E-state index is 6.36. The van der Waals surface area contributed by atoms with Crippen molar-refractivity contribution in [2.45, 2.75) is 0 Å². The third-order valence-corrected chi connectivity index (χ3v) is 26.6. The summed E-state index contributed by atoms with van der Waals surface area (Å²) in [6.45, 7) is 0. The molecular formula is C116H70N6OS2.